The first-order valence-electron chi connectivity index (χ1n) is 1.52. The zero-order valence-electron chi connectivity index (χ0n) is 2.99. The monoisotopic (exact) mass is 72.1 g/mol. The second-order valence-electron chi connectivity index (χ2n) is 0.697. The quantitative estimate of drug-likeness (QED) is 0.417. The third kappa shape index (κ3) is 20.7. The van der Waals surface area contributed by atoms with Crippen LogP contribution in [0.25, 0.3) is 0 Å². The largest absolute Gasteiger partial charge is 0.103 e. The molecule has 0 aliphatic rings. The van der Waals surface area contributed by atoms with Crippen LogP contribution in [0.1, 0.15) is 20.8 Å². The molecule has 0 heterocycles. The van der Waals surface area contributed by atoms with Gasteiger partial charge >= 0.3 is 0 Å². The molecular weight excluding hydrogens is 60.1 g/mol. The maximum Gasteiger partial charge on any atom is -0.0382 e. The molecular formula is C5H12. The maximum absolute atomic E-state index is 3.48. The van der Waals surface area contributed by atoms with E-state index < -0.39 is 0 Å². The van der Waals surface area contributed by atoms with E-state index in [1.807, 2.05) is 6.08 Å². The summed E-state index contributed by atoms with van der Waals surface area (Å²) in [6.45, 7) is 5.54. The lowest BCUT2D eigenvalue weighted by atomic mass is 10.5. The zero-order chi connectivity index (χ0) is 3.41. The number of hydrogen-bond acceptors (Lipinski definition) is 0. The summed E-state index contributed by atoms with van der Waals surface area (Å²) in [5, 5.41) is 0. The smallest absolute Gasteiger partial charge is 0.0382 e. The molecule has 0 fully saturated rings. The first kappa shape index (κ1) is 8.83. The van der Waals surface area contributed by atoms with Gasteiger partial charge in [0.05, 0.1) is 0 Å². The van der Waals surface area contributed by atoms with Gasteiger partial charge in [-0.05, 0) is 6.42 Å². The minimum absolute atomic E-state index is 0. The molecule has 0 unspecified atom stereocenters. The van der Waals surface area contributed by atoms with Crippen LogP contribution in [0.5, 0.6) is 0 Å². The molecule has 0 saturated carbocycles. The SMILES string of the molecule is C.C=CCC. The number of allylic oxidation sites excluding steroid dienone is 1. The molecule has 32 valence electrons. The van der Waals surface area contributed by atoms with Crippen molar-refractivity contribution in [3.63, 3.8) is 0 Å². The van der Waals surface area contributed by atoms with Crippen molar-refractivity contribution in [3.8, 4) is 0 Å². The van der Waals surface area contributed by atoms with E-state index in [0.717, 1.165) is 6.42 Å². The van der Waals surface area contributed by atoms with Crippen molar-refractivity contribution < 1.29 is 0 Å². The van der Waals surface area contributed by atoms with Crippen molar-refractivity contribution in [3.05, 3.63) is 12.7 Å². The Bertz CT molecular complexity index is 14.0. The minimum atomic E-state index is 0. The van der Waals surface area contributed by atoms with E-state index >= 15 is 0 Å². The Morgan fingerprint density at radius 1 is 1.80 bits per heavy atom. The highest BCUT2D eigenvalue weighted by atomic mass is 13.5. The summed E-state index contributed by atoms with van der Waals surface area (Å²) in [7, 11) is 0. The van der Waals surface area contributed by atoms with Gasteiger partial charge in [-0.3, -0.25) is 0 Å². The Balaban J connectivity index is 0. The van der Waals surface area contributed by atoms with Crippen LogP contribution in [0, 0.1) is 0 Å². The predicted octanol–water partition coefficient (Wildman–Crippen LogP) is 2.22. The van der Waals surface area contributed by atoms with Crippen molar-refractivity contribution in [1.29, 1.82) is 0 Å². The van der Waals surface area contributed by atoms with Crippen molar-refractivity contribution in [1.82, 2.24) is 0 Å². The van der Waals surface area contributed by atoms with Gasteiger partial charge < -0.3 is 0 Å². The first-order valence-corrected chi connectivity index (χ1v) is 1.52. The van der Waals surface area contributed by atoms with E-state index in [1.54, 1.807) is 0 Å². The van der Waals surface area contributed by atoms with E-state index in [1.165, 1.54) is 0 Å². The highest BCUT2D eigenvalue weighted by Gasteiger charge is 1.45. The van der Waals surface area contributed by atoms with Crippen LogP contribution in [0.2, 0.25) is 0 Å². The first-order chi connectivity index (χ1) is 1.91. The number of hydrogen-bond donors (Lipinski definition) is 0. The van der Waals surface area contributed by atoms with Crippen LogP contribution >= 0.6 is 0 Å². The fourth-order valence-corrected chi connectivity index (χ4v) is 0. The third-order valence-electron chi connectivity index (χ3n) is 0.289. The van der Waals surface area contributed by atoms with Crippen molar-refractivity contribution in [2.45, 2.75) is 20.8 Å². The molecule has 0 bridgehead atoms. The molecule has 0 atom stereocenters. The predicted molar refractivity (Wildman–Crippen MR) is 27.2 cm³/mol. The molecule has 0 aliphatic carbocycles. The van der Waals surface area contributed by atoms with Gasteiger partial charge in [-0.25, -0.2) is 0 Å². The molecule has 0 aromatic carbocycles. The van der Waals surface area contributed by atoms with E-state index in [0.29, 0.717) is 0 Å². The Morgan fingerprint density at radius 2 is 2.00 bits per heavy atom. The Labute approximate surface area is 34.5 Å². The standard InChI is InChI=1S/C4H8.CH4/c1-3-4-2;/h3H,1,4H2,2H3;1H4. The summed E-state index contributed by atoms with van der Waals surface area (Å²) < 4.78 is 0. The molecule has 0 saturated heterocycles. The van der Waals surface area contributed by atoms with Gasteiger partial charge in [-0.15, -0.1) is 6.58 Å². The van der Waals surface area contributed by atoms with E-state index in [4.69, 9.17) is 0 Å². The van der Waals surface area contributed by atoms with Crippen LogP contribution in [0.3, 0.4) is 0 Å². The molecule has 0 aliphatic heterocycles. The summed E-state index contributed by atoms with van der Waals surface area (Å²) in [5.41, 5.74) is 0. The van der Waals surface area contributed by atoms with Crippen LogP contribution in [-0.2, 0) is 0 Å². The van der Waals surface area contributed by atoms with Gasteiger partial charge in [-0.1, -0.05) is 20.4 Å². The van der Waals surface area contributed by atoms with Crippen LogP contribution in [-0.4, -0.2) is 0 Å². The van der Waals surface area contributed by atoms with Gasteiger partial charge in [0.2, 0.25) is 0 Å². The molecule has 0 amide bonds. The molecule has 0 heteroatoms. The van der Waals surface area contributed by atoms with Crippen molar-refractivity contribution in [2.75, 3.05) is 0 Å². The lowest BCUT2D eigenvalue weighted by Crippen LogP contribution is -1.36. The Hall–Kier alpha value is -0.260. The van der Waals surface area contributed by atoms with E-state index in [2.05, 4.69) is 13.5 Å². The molecule has 0 spiro atoms. The maximum atomic E-state index is 3.48. The zero-order valence-corrected chi connectivity index (χ0v) is 2.99. The van der Waals surface area contributed by atoms with Crippen molar-refractivity contribution in [2.24, 2.45) is 0 Å². The summed E-state index contributed by atoms with van der Waals surface area (Å²) in [6, 6.07) is 0. The lowest BCUT2D eigenvalue weighted by Gasteiger charge is -1.57. The summed E-state index contributed by atoms with van der Waals surface area (Å²) in [5.74, 6) is 0. The van der Waals surface area contributed by atoms with E-state index in [-0.39, 0.29) is 7.43 Å². The second kappa shape index (κ2) is 9.27. The van der Waals surface area contributed by atoms with Gasteiger partial charge in [0, 0.05) is 0 Å². The summed E-state index contributed by atoms with van der Waals surface area (Å²) in [4.78, 5) is 0. The summed E-state index contributed by atoms with van der Waals surface area (Å²) >= 11 is 0. The highest BCUT2D eigenvalue weighted by molar-refractivity contribution is 4.60. The third-order valence-corrected chi connectivity index (χ3v) is 0.289. The lowest BCUT2D eigenvalue weighted by molar-refractivity contribution is 1.23. The van der Waals surface area contributed by atoms with Crippen LogP contribution in [0.15, 0.2) is 12.7 Å². The van der Waals surface area contributed by atoms with E-state index in [9.17, 15) is 0 Å². The molecule has 0 aromatic rings. The fraction of sp³-hybridized carbons (Fsp3) is 0.600. The highest BCUT2D eigenvalue weighted by Crippen LogP contribution is 1.66. The molecule has 0 nitrogen and oxygen atoms in total. The van der Waals surface area contributed by atoms with Crippen LogP contribution in [0.4, 0.5) is 0 Å². The van der Waals surface area contributed by atoms with Gasteiger partial charge in [0.1, 0.15) is 0 Å². The molecule has 0 N–H and O–H groups in total. The minimum Gasteiger partial charge on any atom is -0.103 e. The Kier molecular flexibility index (Phi) is 16.4. The molecule has 0 aromatic heterocycles. The second-order valence-corrected chi connectivity index (χ2v) is 0.697. The average Bonchev–Trinajstić information content (AvgIpc) is 1.37. The average molecular weight is 72.2 g/mol. The van der Waals surface area contributed by atoms with Gasteiger partial charge in [0.15, 0.2) is 0 Å². The topological polar surface area (TPSA) is 0 Å². The van der Waals surface area contributed by atoms with Crippen LogP contribution < -0.4 is 0 Å². The number of rotatable bonds is 1. The van der Waals surface area contributed by atoms with Crippen molar-refractivity contribution >= 4 is 0 Å². The van der Waals surface area contributed by atoms with Gasteiger partial charge in [0.25, 0.3) is 0 Å². The Morgan fingerprint density at radius 3 is 2.00 bits per heavy atom. The molecule has 0 rings (SSSR count). The molecule has 0 radical (unpaired) electrons. The fourth-order valence-electron chi connectivity index (χ4n) is 0. The van der Waals surface area contributed by atoms with Gasteiger partial charge in [-0.2, -0.15) is 0 Å². The summed E-state index contributed by atoms with van der Waals surface area (Å²) in [6.07, 6.45) is 2.96. The molecule has 5 heavy (non-hydrogen) atoms. The normalized spacial score (nSPS) is 5.00.